The fourth-order valence-corrected chi connectivity index (χ4v) is 1.63. The second-order valence-corrected chi connectivity index (χ2v) is 4.70. The van der Waals surface area contributed by atoms with Crippen LogP contribution in [0.2, 0.25) is 0 Å². The lowest BCUT2D eigenvalue weighted by Gasteiger charge is -2.15. The van der Waals surface area contributed by atoms with E-state index in [-0.39, 0.29) is 0 Å². The first-order valence-corrected chi connectivity index (χ1v) is 6.54. The van der Waals surface area contributed by atoms with Crippen molar-refractivity contribution in [3.63, 3.8) is 0 Å². The SMILES string of the molecule is COCCOCCOCCNC(C)CC(C)C. The van der Waals surface area contributed by atoms with Crippen LogP contribution in [0, 0.1) is 5.92 Å². The first-order chi connectivity index (χ1) is 8.16. The topological polar surface area (TPSA) is 39.7 Å². The van der Waals surface area contributed by atoms with Crippen LogP contribution in [0.3, 0.4) is 0 Å². The predicted molar refractivity (Wildman–Crippen MR) is 70.4 cm³/mol. The van der Waals surface area contributed by atoms with Crippen molar-refractivity contribution < 1.29 is 14.2 Å². The number of ether oxygens (including phenoxy) is 3. The molecule has 0 heterocycles. The van der Waals surface area contributed by atoms with E-state index in [0.29, 0.717) is 32.5 Å². The molecule has 0 saturated heterocycles. The first kappa shape index (κ1) is 16.8. The lowest BCUT2D eigenvalue weighted by molar-refractivity contribution is 0.0252. The van der Waals surface area contributed by atoms with E-state index in [4.69, 9.17) is 14.2 Å². The van der Waals surface area contributed by atoms with Gasteiger partial charge in [-0.1, -0.05) is 13.8 Å². The van der Waals surface area contributed by atoms with Gasteiger partial charge in [0, 0.05) is 19.7 Å². The average molecular weight is 247 g/mol. The zero-order valence-electron chi connectivity index (χ0n) is 11.8. The van der Waals surface area contributed by atoms with Crippen LogP contribution in [0.15, 0.2) is 0 Å². The van der Waals surface area contributed by atoms with Crippen LogP contribution in [0.25, 0.3) is 0 Å². The Hall–Kier alpha value is -0.160. The monoisotopic (exact) mass is 247 g/mol. The highest BCUT2D eigenvalue weighted by Gasteiger charge is 2.03. The van der Waals surface area contributed by atoms with Crippen LogP contribution in [0.1, 0.15) is 27.2 Å². The molecule has 1 unspecified atom stereocenters. The summed E-state index contributed by atoms with van der Waals surface area (Å²) in [5.41, 5.74) is 0. The number of methoxy groups -OCH3 is 1. The Balaban J connectivity index is 3.07. The maximum atomic E-state index is 5.44. The fourth-order valence-electron chi connectivity index (χ4n) is 1.63. The van der Waals surface area contributed by atoms with Crippen molar-refractivity contribution in [2.45, 2.75) is 33.2 Å². The highest BCUT2D eigenvalue weighted by molar-refractivity contribution is 4.62. The van der Waals surface area contributed by atoms with E-state index in [9.17, 15) is 0 Å². The Bertz CT molecular complexity index is 154. The molecule has 0 aliphatic rings. The second kappa shape index (κ2) is 12.3. The van der Waals surface area contributed by atoms with Crippen molar-refractivity contribution in [2.75, 3.05) is 46.7 Å². The number of nitrogens with one attached hydrogen (secondary N) is 1. The van der Waals surface area contributed by atoms with Crippen LogP contribution >= 0.6 is 0 Å². The summed E-state index contributed by atoms with van der Waals surface area (Å²) in [5.74, 6) is 0.743. The molecule has 1 N–H and O–H groups in total. The normalized spacial score (nSPS) is 13.2. The van der Waals surface area contributed by atoms with E-state index in [1.54, 1.807) is 7.11 Å². The average Bonchev–Trinajstić information content (AvgIpc) is 2.26. The van der Waals surface area contributed by atoms with Gasteiger partial charge in [-0.25, -0.2) is 0 Å². The summed E-state index contributed by atoms with van der Waals surface area (Å²) in [4.78, 5) is 0. The summed E-state index contributed by atoms with van der Waals surface area (Å²) in [7, 11) is 1.67. The summed E-state index contributed by atoms with van der Waals surface area (Å²) in [6.07, 6.45) is 1.21. The third-order valence-electron chi connectivity index (χ3n) is 2.37. The van der Waals surface area contributed by atoms with Gasteiger partial charge >= 0.3 is 0 Å². The molecule has 4 heteroatoms. The van der Waals surface area contributed by atoms with Gasteiger partial charge < -0.3 is 19.5 Å². The molecule has 4 nitrogen and oxygen atoms in total. The molecule has 0 fully saturated rings. The minimum Gasteiger partial charge on any atom is -0.382 e. The summed E-state index contributed by atoms with van der Waals surface area (Å²) < 4.78 is 15.6. The molecule has 0 aliphatic carbocycles. The zero-order valence-corrected chi connectivity index (χ0v) is 11.8. The Morgan fingerprint density at radius 1 is 0.882 bits per heavy atom. The molecule has 0 radical (unpaired) electrons. The summed E-state index contributed by atoms with van der Waals surface area (Å²) >= 11 is 0. The lowest BCUT2D eigenvalue weighted by Crippen LogP contribution is -2.30. The van der Waals surface area contributed by atoms with Crippen LogP contribution in [0.4, 0.5) is 0 Å². The second-order valence-electron chi connectivity index (χ2n) is 4.70. The van der Waals surface area contributed by atoms with Crippen LogP contribution in [-0.4, -0.2) is 52.7 Å². The molecule has 17 heavy (non-hydrogen) atoms. The summed E-state index contributed by atoms with van der Waals surface area (Å²) in [5, 5.41) is 3.44. The molecule has 0 saturated carbocycles. The minimum atomic E-state index is 0.566. The van der Waals surface area contributed by atoms with Gasteiger partial charge in [-0.3, -0.25) is 0 Å². The number of hydrogen-bond donors (Lipinski definition) is 1. The van der Waals surface area contributed by atoms with Crippen molar-refractivity contribution in [3.05, 3.63) is 0 Å². The predicted octanol–water partition coefficient (Wildman–Crippen LogP) is 1.69. The molecule has 0 rings (SSSR count). The molecular formula is C13H29NO3. The fraction of sp³-hybridized carbons (Fsp3) is 1.00. The van der Waals surface area contributed by atoms with Gasteiger partial charge in [-0.2, -0.15) is 0 Å². The van der Waals surface area contributed by atoms with Crippen LogP contribution in [0.5, 0.6) is 0 Å². The van der Waals surface area contributed by atoms with Gasteiger partial charge in [0.1, 0.15) is 0 Å². The first-order valence-electron chi connectivity index (χ1n) is 6.54. The quantitative estimate of drug-likeness (QED) is 0.533. The maximum absolute atomic E-state index is 5.44. The van der Waals surface area contributed by atoms with Crippen molar-refractivity contribution in [3.8, 4) is 0 Å². The molecular weight excluding hydrogens is 218 g/mol. The van der Waals surface area contributed by atoms with Crippen molar-refractivity contribution in [1.29, 1.82) is 0 Å². The largest absolute Gasteiger partial charge is 0.382 e. The van der Waals surface area contributed by atoms with E-state index in [1.165, 1.54) is 6.42 Å². The van der Waals surface area contributed by atoms with Gasteiger partial charge in [-0.15, -0.1) is 0 Å². The summed E-state index contributed by atoms with van der Waals surface area (Å²) in [6.45, 7) is 10.9. The highest BCUT2D eigenvalue weighted by atomic mass is 16.5. The van der Waals surface area contributed by atoms with E-state index in [0.717, 1.165) is 19.1 Å². The van der Waals surface area contributed by atoms with Gasteiger partial charge in [0.15, 0.2) is 0 Å². The van der Waals surface area contributed by atoms with Crippen LogP contribution < -0.4 is 5.32 Å². The number of rotatable bonds is 12. The molecule has 0 spiro atoms. The number of hydrogen-bond acceptors (Lipinski definition) is 4. The highest BCUT2D eigenvalue weighted by Crippen LogP contribution is 2.02. The van der Waals surface area contributed by atoms with E-state index in [2.05, 4.69) is 26.1 Å². The smallest absolute Gasteiger partial charge is 0.0701 e. The Labute approximate surface area is 106 Å². The third kappa shape index (κ3) is 13.8. The zero-order chi connectivity index (χ0) is 12.9. The lowest BCUT2D eigenvalue weighted by atomic mass is 10.1. The molecule has 0 aromatic heterocycles. The molecule has 0 aliphatic heterocycles. The Morgan fingerprint density at radius 3 is 2.06 bits per heavy atom. The van der Waals surface area contributed by atoms with Gasteiger partial charge in [0.2, 0.25) is 0 Å². The molecule has 1 atom stereocenters. The van der Waals surface area contributed by atoms with Crippen LogP contribution in [-0.2, 0) is 14.2 Å². The molecule has 0 bridgehead atoms. The Kier molecular flexibility index (Phi) is 12.2. The molecule has 104 valence electrons. The molecule has 0 aromatic carbocycles. The van der Waals surface area contributed by atoms with E-state index >= 15 is 0 Å². The standard InChI is InChI=1S/C13H29NO3/c1-12(2)11-13(3)14-5-6-16-9-10-17-8-7-15-4/h12-14H,5-11H2,1-4H3. The molecule has 0 aromatic rings. The van der Waals surface area contributed by atoms with E-state index < -0.39 is 0 Å². The summed E-state index contributed by atoms with van der Waals surface area (Å²) in [6, 6.07) is 0.566. The minimum absolute atomic E-state index is 0.566. The van der Waals surface area contributed by atoms with Gasteiger partial charge in [-0.05, 0) is 19.3 Å². The van der Waals surface area contributed by atoms with Crippen molar-refractivity contribution in [1.82, 2.24) is 5.32 Å². The van der Waals surface area contributed by atoms with Crippen molar-refractivity contribution in [2.24, 2.45) is 5.92 Å². The van der Waals surface area contributed by atoms with E-state index in [1.807, 2.05) is 0 Å². The van der Waals surface area contributed by atoms with Gasteiger partial charge in [0.05, 0.1) is 33.0 Å². The third-order valence-corrected chi connectivity index (χ3v) is 2.37. The van der Waals surface area contributed by atoms with Gasteiger partial charge in [0.25, 0.3) is 0 Å². The van der Waals surface area contributed by atoms with Crippen molar-refractivity contribution >= 4 is 0 Å². The maximum Gasteiger partial charge on any atom is 0.0701 e. The Morgan fingerprint density at radius 2 is 1.47 bits per heavy atom. The molecule has 0 amide bonds.